The van der Waals surface area contributed by atoms with Gasteiger partial charge in [0.1, 0.15) is 9.84 Å². The molecule has 0 aliphatic carbocycles. The SMILES string of the molecule is CCCCCON(C(=O)CCc1ccc2ccccc2c1)[C@@](NCC(N)CS)(C(=O)O)[C@H](C)CS(C)(=O)=O. The minimum absolute atomic E-state index is 0.0172. The van der Waals surface area contributed by atoms with Crippen molar-refractivity contribution >= 4 is 45.1 Å². The molecular weight excluding hydrogens is 526 g/mol. The number of unbranched alkanes of at least 4 members (excludes halogenated alkanes) is 2. The molecule has 38 heavy (non-hydrogen) atoms. The molecule has 0 saturated heterocycles. The van der Waals surface area contributed by atoms with E-state index in [1.165, 1.54) is 6.92 Å². The van der Waals surface area contributed by atoms with E-state index in [0.29, 0.717) is 12.8 Å². The molecule has 0 heterocycles. The van der Waals surface area contributed by atoms with Crippen LogP contribution in [-0.4, -0.2) is 73.1 Å². The van der Waals surface area contributed by atoms with Crippen LogP contribution in [0.15, 0.2) is 42.5 Å². The lowest BCUT2D eigenvalue weighted by Crippen LogP contribution is -2.71. The van der Waals surface area contributed by atoms with Crippen molar-refractivity contribution in [3.63, 3.8) is 0 Å². The number of amides is 1. The predicted octanol–water partition coefficient (Wildman–Crippen LogP) is 3.03. The minimum Gasteiger partial charge on any atom is -0.478 e. The van der Waals surface area contributed by atoms with Gasteiger partial charge < -0.3 is 10.8 Å². The zero-order chi connectivity index (χ0) is 28.3. The molecule has 0 bridgehead atoms. The number of nitrogens with two attached hydrogens (primary N) is 1. The van der Waals surface area contributed by atoms with Gasteiger partial charge in [-0.1, -0.05) is 69.2 Å². The van der Waals surface area contributed by atoms with Gasteiger partial charge in [0.05, 0.1) is 12.4 Å². The summed E-state index contributed by atoms with van der Waals surface area (Å²) in [5, 5.41) is 16.4. The van der Waals surface area contributed by atoms with Crippen molar-refractivity contribution in [2.75, 3.05) is 30.9 Å². The number of hydrogen-bond donors (Lipinski definition) is 4. The summed E-state index contributed by atoms with van der Waals surface area (Å²) >= 11 is 4.17. The molecule has 4 N–H and O–H groups in total. The lowest BCUT2D eigenvalue weighted by Gasteiger charge is -2.44. The summed E-state index contributed by atoms with van der Waals surface area (Å²) in [7, 11) is -3.59. The number of benzene rings is 2. The number of hydroxylamine groups is 2. The molecule has 0 radical (unpaired) electrons. The second-order valence-corrected chi connectivity index (χ2v) is 12.3. The number of carboxylic acids is 1. The minimum atomic E-state index is -3.59. The summed E-state index contributed by atoms with van der Waals surface area (Å²) in [5.41, 5.74) is 4.77. The Balaban J connectivity index is 2.43. The maximum atomic E-state index is 13.7. The molecule has 0 aliphatic heterocycles. The van der Waals surface area contributed by atoms with E-state index < -0.39 is 45.1 Å². The van der Waals surface area contributed by atoms with Gasteiger partial charge in [-0.15, -0.1) is 0 Å². The van der Waals surface area contributed by atoms with Crippen molar-refractivity contribution in [2.24, 2.45) is 11.7 Å². The molecular formula is C27H41N3O6S2. The monoisotopic (exact) mass is 567 g/mol. The van der Waals surface area contributed by atoms with Gasteiger partial charge >= 0.3 is 5.97 Å². The zero-order valence-corrected chi connectivity index (χ0v) is 24.1. The second kappa shape index (κ2) is 14.8. The molecule has 212 valence electrons. The lowest BCUT2D eigenvalue weighted by molar-refractivity contribution is -0.243. The summed E-state index contributed by atoms with van der Waals surface area (Å²) in [4.78, 5) is 32.5. The van der Waals surface area contributed by atoms with Gasteiger partial charge in [0.15, 0.2) is 0 Å². The fourth-order valence-corrected chi connectivity index (χ4v) is 5.65. The number of carboxylic acid groups (broad SMARTS) is 1. The average Bonchev–Trinajstić information content (AvgIpc) is 2.87. The first-order chi connectivity index (χ1) is 17.9. The van der Waals surface area contributed by atoms with Crippen LogP contribution >= 0.6 is 12.6 Å². The lowest BCUT2D eigenvalue weighted by atomic mass is 9.93. The Hall–Kier alpha value is -2.18. The first kappa shape index (κ1) is 32.0. The number of carbonyl (C=O) groups is 2. The van der Waals surface area contributed by atoms with Crippen molar-refractivity contribution < 1.29 is 28.0 Å². The first-order valence-electron chi connectivity index (χ1n) is 12.9. The van der Waals surface area contributed by atoms with E-state index >= 15 is 0 Å². The summed E-state index contributed by atoms with van der Waals surface area (Å²) in [6.07, 6.45) is 3.69. The van der Waals surface area contributed by atoms with Gasteiger partial charge in [-0.05, 0) is 29.2 Å². The van der Waals surface area contributed by atoms with Crippen LogP contribution in [-0.2, 0) is 30.7 Å². The fraction of sp³-hybridized carbons (Fsp3) is 0.556. The van der Waals surface area contributed by atoms with E-state index in [2.05, 4.69) is 17.9 Å². The predicted molar refractivity (Wildman–Crippen MR) is 154 cm³/mol. The van der Waals surface area contributed by atoms with Gasteiger partial charge in [0.25, 0.3) is 0 Å². The van der Waals surface area contributed by atoms with Crippen molar-refractivity contribution in [3.8, 4) is 0 Å². The second-order valence-electron chi connectivity index (χ2n) is 9.80. The molecule has 1 amide bonds. The molecule has 11 heteroatoms. The standard InChI is InChI=1S/C27H41N3O6S2/c1-4-5-8-15-36-30(25(31)14-12-21-11-13-22-9-6-7-10-23(22)16-21)27(26(32)33,29-17-24(28)18-37)20(2)19-38(3,34)35/h6-7,9-11,13,16,20,24,29,37H,4-5,8,12,14-15,17-19,28H2,1-3H3,(H,32,33)/t20-,24?,27-/m1/s1. The van der Waals surface area contributed by atoms with Crippen LogP contribution < -0.4 is 11.1 Å². The zero-order valence-electron chi connectivity index (χ0n) is 22.4. The van der Waals surface area contributed by atoms with Crippen molar-refractivity contribution in [1.29, 1.82) is 0 Å². The van der Waals surface area contributed by atoms with Crippen molar-refractivity contribution in [3.05, 3.63) is 48.0 Å². The van der Waals surface area contributed by atoms with Crippen LogP contribution in [0.4, 0.5) is 0 Å². The molecule has 2 rings (SSSR count). The van der Waals surface area contributed by atoms with Crippen molar-refractivity contribution in [2.45, 2.75) is 57.7 Å². The summed E-state index contributed by atoms with van der Waals surface area (Å²) in [5.74, 6) is -3.26. The molecule has 0 fully saturated rings. The first-order valence-corrected chi connectivity index (χ1v) is 15.6. The highest BCUT2D eigenvalue weighted by Gasteiger charge is 2.53. The van der Waals surface area contributed by atoms with Crippen molar-refractivity contribution in [1.82, 2.24) is 10.4 Å². The summed E-state index contributed by atoms with van der Waals surface area (Å²) in [6.45, 7) is 3.59. The highest BCUT2D eigenvalue weighted by Crippen LogP contribution is 2.28. The van der Waals surface area contributed by atoms with Gasteiger partial charge in [0.2, 0.25) is 11.6 Å². The van der Waals surface area contributed by atoms with Crippen LogP contribution in [0.2, 0.25) is 0 Å². The molecule has 0 aromatic heterocycles. The van der Waals surface area contributed by atoms with E-state index in [0.717, 1.165) is 40.5 Å². The highest BCUT2D eigenvalue weighted by atomic mass is 32.2. The fourth-order valence-electron chi connectivity index (χ4n) is 4.37. The van der Waals surface area contributed by atoms with E-state index in [4.69, 9.17) is 10.6 Å². The number of hydrogen-bond acceptors (Lipinski definition) is 8. The molecule has 1 unspecified atom stereocenters. The smallest absolute Gasteiger partial charge is 0.347 e. The number of nitrogens with zero attached hydrogens (tertiary/aromatic N) is 1. The van der Waals surface area contributed by atoms with Crippen LogP contribution in [0.1, 0.15) is 45.1 Å². The van der Waals surface area contributed by atoms with E-state index in [-0.39, 0.29) is 25.3 Å². The third-order valence-corrected chi connectivity index (χ3v) is 7.99. The van der Waals surface area contributed by atoms with Crippen LogP contribution in [0.25, 0.3) is 10.8 Å². The Bertz CT molecular complexity index is 1180. The van der Waals surface area contributed by atoms with E-state index in [9.17, 15) is 23.1 Å². The van der Waals surface area contributed by atoms with Crippen LogP contribution in [0.3, 0.4) is 0 Å². The third kappa shape index (κ3) is 8.94. The van der Waals surface area contributed by atoms with Crippen LogP contribution in [0.5, 0.6) is 0 Å². The molecule has 0 spiro atoms. The number of nitrogens with one attached hydrogen (secondary N) is 1. The van der Waals surface area contributed by atoms with Gasteiger partial charge in [-0.3, -0.25) is 14.9 Å². The Labute approximate surface area is 231 Å². The Kier molecular flexibility index (Phi) is 12.5. The largest absolute Gasteiger partial charge is 0.478 e. The Morgan fingerprint density at radius 1 is 1.18 bits per heavy atom. The number of aryl methyl sites for hydroxylation is 1. The van der Waals surface area contributed by atoms with Gasteiger partial charge in [0, 0.05) is 36.9 Å². The number of thiol groups is 1. The molecule has 9 nitrogen and oxygen atoms in total. The normalized spacial score (nSPS) is 15.1. The quantitative estimate of drug-likeness (QED) is 0.0990. The maximum absolute atomic E-state index is 13.7. The van der Waals surface area contributed by atoms with E-state index in [1.807, 2.05) is 49.4 Å². The number of carbonyl (C=O) groups excluding carboxylic acids is 1. The molecule has 3 atom stereocenters. The highest BCUT2D eigenvalue weighted by molar-refractivity contribution is 7.90. The Morgan fingerprint density at radius 3 is 2.47 bits per heavy atom. The molecule has 0 saturated carbocycles. The number of rotatable bonds is 17. The van der Waals surface area contributed by atoms with Gasteiger partial charge in [-0.25, -0.2) is 13.2 Å². The third-order valence-electron chi connectivity index (χ3n) is 6.42. The number of sulfone groups is 1. The topological polar surface area (TPSA) is 139 Å². The molecule has 0 aliphatic rings. The van der Waals surface area contributed by atoms with Gasteiger partial charge in [-0.2, -0.15) is 17.7 Å². The maximum Gasteiger partial charge on any atom is 0.347 e. The molecule has 2 aromatic rings. The number of fused-ring (bicyclic) bond motifs is 1. The summed E-state index contributed by atoms with van der Waals surface area (Å²) < 4.78 is 24.4. The Morgan fingerprint density at radius 2 is 1.87 bits per heavy atom. The van der Waals surface area contributed by atoms with E-state index in [1.54, 1.807) is 0 Å². The average molecular weight is 568 g/mol. The van der Waals surface area contributed by atoms with Crippen LogP contribution in [0, 0.1) is 5.92 Å². The molecule has 2 aromatic carbocycles. The number of aliphatic carboxylic acids is 1. The summed E-state index contributed by atoms with van der Waals surface area (Å²) in [6, 6.07) is 13.3.